The summed E-state index contributed by atoms with van der Waals surface area (Å²) in [5.41, 5.74) is 10.3. The van der Waals surface area contributed by atoms with Gasteiger partial charge in [0.05, 0.1) is 5.54 Å². The first kappa shape index (κ1) is 14.5. The van der Waals surface area contributed by atoms with Gasteiger partial charge < -0.3 is 16.4 Å². The molecule has 0 aromatic heterocycles. The molecule has 1 aliphatic heterocycles. The van der Waals surface area contributed by atoms with Gasteiger partial charge >= 0.3 is 0 Å². The molecule has 0 aliphatic carbocycles. The number of likely N-dealkylation sites (tertiary alicyclic amines) is 1. The van der Waals surface area contributed by atoms with E-state index in [1.54, 1.807) is 6.92 Å². The van der Waals surface area contributed by atoms with Crippen LogP contribution in [0, 0.1) is 11.8 Å². The highest BCUT2D eigenvalue weighted by Gasteiger charge is 2.32. The van der Waals surface area contributed by atoms with Crippen LogP contribution in [0.2, 0.25) is 0 Å². The highest BCUT2D eigenvalue weighted by atomic mass is 16.1. The third-order valence-electron chi connectivity index (χ3n) is 4.27. The number of hydrogen-bond donors (Lipinski definition) is 2. The molecule has 1 amide bonds. The van der Waals surface area contributed by atoms with Gasteiger partial charge in [0.25, 0.3) is 0 Å². The van der Waals surface area contributed by atoms with Gasteiger partial charge in [0.1, 0.15) is 0 Å². The van der Waals surface area contributed by atoms with E-state index in [-0.39, 0.29) is 0 Å². The second kappa shape index (κ2) is 5.36. The van der Waals surface area contributed by atoms with Crippen molar-refractivity contribution < 1.29 is 4.79 Å². The van der Waals surface area contributed by atoms with Crippen LogP contribution in [0.25, 0.3) is 0 Å². The lowest BCUT2D eigenvalue weighted by Crippen LogP contribution is -2.54. The Morgan fingerprint density at radius 2 is 2.06 bits per heavy atom. The van der Waals surface area contributed by atoms with Crippen LogP contribution < -0.4 is 11.5 Å². The van der Waals surface area contributed by atoms with E-state index in [1.165, 1.54) is 6.42 Å². The SMILES string of the molecule is CC1CCN(C(C)CC(C)(N)C(N)=O)CC1C. The maximum Gasteiger partial charge on any atom is 0.237 e. The summed E-state index contributed by atoms with van der Waals surface area (Å²) < 4.78 is 0. The minimum Gasteiger partial charge on any atom is -0.368 e. The largest absolute Gasteiger partial charge is 0.368 e. The third-order valence-corrected chi connectivity index (χ3v) is 4.27. The molecule has 4 nitrogen and oxygen atoms in total. The molecule has 4 atom stereocenters. The minimum absolute atomic E-state index is 0.312. The molecule has 1 saturated heterocycles. The number of primary amides is 1. The molecule has 4 unspecified atom stereocenters. The molecule has 0 aromatic rings. The highest BCUT2D eigenvalue weighted by molar-refractivity contribution is 5.83. The zero-order valence-electron chi connectivity index (χ0n) is 11.6. The molecule has 0 aromatic carbocycles. The molecule has 17 heavy (non-hydrogen) atoms. The molecular formula is C13H27N3O. The Balaban J connectivity index is 2.54. The summed E-state index contributed by atoms with van der Waals surface area (Å²) in [4.78, 5) is 13.7. The Hall–Kier alpha value is -0.610. The van der Waals surface area contributed by atoms with Gasteiger partial charge in [-0.1, -0.05) is 13.8 Å². The second-order valence-electron chi connectivity index (χ2n) is 6.07. The number of piperidine rings is 1. The van der Waals surface area contributed by atoms with Crippen LogP contribution in [0.3, 0.4) is 0 Å². The van der Waals surface area contributed by atoms with Gasteiger partial charge in [0.2, 0.25) is 5.91 Å². The summed E-state index contributed by atoms with van der Waals surface area (Å²) in [7, 11) is 0. The van der Waals surface area contributed by atoms with Crippen LogP contribution in [0.5, 0.6) is 0 Å². The van der Waals surface area contributed by atoms with Gasteiger partial charge in [-0.05, 0) is 45.1 Å². The molecule has 1 aliphatic rings. The Labute approximate surface area is 105 Å². The Bertz CT molecular complexity index is 278. The van der Waals surface area contributed by atoms with E-state index < -0.39 is 11.4 Å². The summed E-state index contributed by atoms with van der Waals surface area (Å²) >= 11 is 0. The van der Waals surface area contributed by atoms with Crippen molar-refractivity contribution in [2.24, 2.45) is 23.3 Å². The lowest BCUT2D eigenvalue weighted by atomic mass is 9.86. The fourth-order valence-electron chi connectivity index (χ4n) is 2.54. The van der Waals surface area contributed by atoms with E-state index in [0.717, 1.165) is 19.0 Å². The van der Waals surface area contributed by atoms with Gasteiger partial charge in [-0.2, -0.15) is 0 Å². The van der Waals surface area contributed by atoms with Gasteiger partial charge in [0, 0.05) is 12.6 Å². The first-order chi connectivity index (χ1) is 7.74. The van der Waals surface area contributed by atoms with Crippen molar-refractivity contribution in [1.82, 2.24) is 4.90 Å². The van der Waals surface area contributed by atoms with Gasteiger partial charge in [0.15, 0.2) is 0 Å². The molecule has 4 heteroatoms. The molecule has 100 valence electrons. The molecule has 0 saturated carbocycles. The van der Waals surface area contributed by atoms with Crippen molar-refractivity contribution in [3.63, 3.8) is 0 Å². The highest BCUT2D eigenvalue weighted by Crippen LogP contribution is 2.25. The maximum absolute atomic E-state index is 11.2. The Morgan fingerprint density at radius 1 is 1.47 bits per heavy atom. The summed E-state index contributed by atoms with van der Waals surface area (Å²) in [6, 6.07) is 0.312. The van der Waals surface area contributed by atoms with Crippen LogP contribution >= 0.6 is 0 Å². The van der Waals surface area contributed by atoms with Gasteiger partial charge in [-0.25, -0.2) is 0 Å². The smallest absolute Gasteiger partial charge is 0.237 e. The van der Waals surface area contributed by atoms with E-state index in [4.69, 9.17) is 11.5 Å². The summed E-state index contributed by atoms with van der Waals surface area (Å²) in [6.07, 6.45) is 1.85. The maximum atomic E-state index is 11.2. The molecule has 0 spiro atoms. The summed E-state index contributed by atoms with van der Waals surface area (Å²) in [5, 5.41) is 0. The normalized spacial score (nSPS) is 31.8. The van der Waals surface area contributed by atoms with Gasteiger partial charge in [-0.3, -0.25) is 4.79 Å². The zero-order valence-corrected chi connectivity index (χ0v) is 11.6. The Morgan fingerprint density at radius 3 is 2.53 bits per heavy atom. The van der Waals surface area contributed by atoms with E-state index in [1.807, 2.05) is 0 Å². The monoisotopic (exact) mass is 241 g/mol. The molecular weight excluding hydrogens is 214 g/mol. The Kier molecular flexibility index (Phi) is 4.55. The summed E-state index contributed by atoms with van der Waals surface area (Å²) in [5.74, 6) is 1.09. The minimum atomic E-state index is -0.897. The van der Waals surface area contributed by atoms with Crippen LogP contribution in [0.15, 0.2) is 0 Å². The number of carbonyl (C=O) groups is 1. The zero-order chi connectivity index (χ0) is 13.2. The van der Waals surface area contributed by atoms with Crippen molar-refractivity contribution in [3.8, 4) is 0 Å². The average Bonchev–Trinajstić information content (AvgIpc) is 2.21. The van der Waals surface area contributed by atoms with E-state index >= 15 is 0 Å². The quantitative estimate of drug-likeness (QED) is 0.769. The standard InChI is InChI=1S/C13H27N3O/c1-9-5-6-16(8-10(9)2)11(3)7-13(4,15)12(14)17/h9-11H,5-8,15H2,1-4H3,(H2,14,17). The fraction of sp³-hybridized carbons (Fsp3) is 0.923. The molecule has 1 fully saturated rings. The van der Waals surface area contributed by atoms with E-state index in [2.05, 4.69) is 25.7 Å². The van der Waals surface area contributed by atoms with E-state index in [9.17, 15) is 4.79 Å². The lowest BCUT2D eigenvalue weighted by molar-refractivity contribution is -0.123. The molecule has 1 heterocycles. The topological polar surface area (TPSA) is 72.3 Å². The molecule has 4 N–H and O–H groups in total. The number of carbonyl (C=O) groups excluding carboxylic acids is 1. The van der Waals surface area contributed by atoms with Crippen molar-refractivity contribution in [2.45, 2.75) is 52.1 Å². The van der Waals surface area contributed by atoms with Crippen molar-refractivity contribution >= 4 is 5.91 Å². The van der Waals surface area contributed by atoms with Gasteiger partial charge in [-0.15, -0.1) is 0 Å². The summed E-state index contributed by atoms with van der Waals surface area (Å²) in [6.45, 7) is 10.7. The lowest BCUT2D eigenvalue weighted by Gasteiger charge is -2.40. The van der Waals surface area contributed by atoms with Crippen molar-refractivity contribution in [2.75, 3.05) is 13.1 Å². The first-order valence-corrected chi connectivity index (χ1v) is 6.57. The molecule has 0 bridgehead atoms. The van der Waals surface area contributed by atoms with Crippen molar-refractivity contribution in [3.05, 3.63) is 0 Å². The number of amides is 1. The molecule has 0 radical (unpaired) electrons. The molecule has 1 rings (SSSR count). The second-order valence-corrected chi connectivity index (χ2v) is 6.07. The average molecular weight is 241 g/mol. The van der Waals surface area contributed by atoms with E-state index in [0.29, 0.717) is 18.4 Å². The predicted octanol–water partition coefficient (Wildman–Crippen LogP) is 0.946. The third kappa shape index (κ3) is 3.68. The van der Waals surface area contributed by atoms with Crippen LogP contribution in [0.4, 0.5) is 0 Å². The van der Waals surface area contributed by atoms with Crippen LogP contribution in [0.1, 0.15) is 40.5 Å². The van der Waals surface area contributed by atoms with Crippen LogP contribution in [-0.4, -0.2) is 35.5 Å². The number of nitrogens with zero attached hydrogens (tertiary/aromatic N) is 1. The number of nitrogens with two attached hydrogens (primary N) is 2. The number of hydrogen-bond acceptors (Lipinski definition) is 3. The van der Waals surface area contributed by atoms with Crippen LogP contribution in [-0.2, 0) is 4.79 Å². The van der Waals surface area contributed by atoms with Crippen molar-refractivity contribution in [1.29, 1.82) is 0 Å². The predicted molar refractivity (Wildman–Crippen MR) is 70.4 cm³/mol. The number of rotatable bonds is 4. The fourth-order valence-corrected chi connectivity index (χ4v) is 2.54. The first-order valence-electron chi connectivity index (χ1n) is 6.57.